The second-order valence-corrected chi connectivity index (χ2v) is 12.6. The molecule has 0 saturated carbocycles. The molecular weight excluding hydrogens is 425 g/mol. The first-order valence-corrected chi connectivity index (χ1v) is 13.0. The smallest absolute Gasteiger partial charge is 0.0700 e. The minimum Gasteiger partial charge on any atom is -0.0884 e. The molecule has 0 bridgehead atoms. The molecule has 0 aromatic rings. The lowest BCUT2D eigenvalue weighted by atomic mass is 10.5. The number of allylic oxidation sites excluding steroid dienone is 2. The summed E-state index contributed by atoms with van der Waals surface area (Å²) in [6.45, 7) is 0. The average molecular weight is 433 g/mol. The van der Waals surface area contributed by atoms with Crippen LogP contribution >= 0.6 is 94.1 Å². The normalized spacial score (nSPS) is 24.4. The van der Waals surface area contributed by atoms with E-state index in [0.717, 1.165) is 0 Å². The van der Waals surface area contributed by atoms with Gasteiger partial charge in [-0.2, -0.15) is 0 Å². The van der Waals surface area contributed by atoms with E-state index in [-0.39, 0.29) is 0 Å². The van der Waals surface area contributed by atoms with Crippen molar-refractivity contribution >= 4 is 94.1 Å². The first-order chi connectivity index (χ1) is 10.9. The fourth-order valence-electron chi connectivity index (χ4n) is 1.63. The molecule has 0 aromatic carbocycles. The van der Waals surface area contributed by atoms with Crippen LogP contribution in [0.25, 0.3) is 0 Å². The SMILES string of the molecule is C1=CSC(=C2SC=C(C=CC3=CSC(=C4SC=CS4)S3)S2)S1. The molecule has 0 amide bonds. The summed E-state index contributed by atoms with van der Waals surface area (Å²) in [6, 6.07) is 0. The van der Waals surface area contributed by atoms with Crippen molar-refractivity contribution in [3.63, 3.8) is 0 Å². The van der Waals surface area contributed by atoms with Gasteiger partial charge in [-0.05, 0) is 44.6 Å². The van der Waals surface area contributed by atoms with Gasteiger partial charge in [0.15, 0.2) is 0 Å². The summed E-state index contributed by atoms with van der Waals surface area (Å²) in [6.07, 6.45) is 4.48. The summed E-state index contributed by atoms with van der Waals surface area (Å²) in [5.74, 6) is 0. The van der Waals surface area contributed by atoms with Gasteiger partial charge in [0.2, 0.25) is 0 Å². The highest BCUT2D eigenvalue weighted by atomic mass is 32.2. The van der Waals surface area contributed by atoms with Gasteiger partial charge < -0.3 is 0 Å². The zero-order valence-electron chi connectivity index (χ0n) is 10.9. The topological polar surface area (TPSA) is 0 Å². The van der Waals surface area contributed by atoms with Gasteiger partial charge in [-0.3, -0.25) is 0 Å². The van der Waals surface area contributed by atoms with E-state index in [2.05, 4.69) is 44.6 Å². The van der Waals surface area contributed by atoms with E-state index in [4.69, 9.17) is 0 Å². The van der Waals surface area contributed by atoms with Crippen LogP contribution in [0.15, 0.2) is 71.4 Å². The molecule has 8 heteroatoms. The van der Waals surface area contributed by atoms with Crippen LogP contribution in [0.4, 0.5) is 0 Å². The molecule has 22 heavy (non-hydrogen) atoms. The van der Waals surface area contributed by atoms with Gasteiger partial charge in [0, 0.05) is 9.81 Å². The van der Waals surface area contributed by atoms with Crippen molar-refractivity contribution in [2.45, 2.75) is 0 Å². The molecule has 0 saturated heterocycles. The lowest BCUT2D eigenvalue weighted by Crippen LogP contribution is -1.69. The van der Waals surface area contributed by atoms with Gasteiger partial charge in [-0.15, -0.1) is 0 Å². The van der Waals surface area contributed by atoms with Crippen LogP contribution in [-0.2, 0) is 0 Å². The van der Waals surface area contributed by atoms with E-state index >= 15 is 0 Å². The Bertz CT molecular complexity index is 624. The number of rotatable bonds is 2. The highest BCUT2D eigenvalue weighted by molar-refractivity contribution is 8.34. The lowest BCUT2D eigenvalue weighted by Gasteiger charge is -2.00. The molecule has 4 aliphatic rings. The zero-order chi connectivity index (χ0) is 14.8. The van der Waals surface area contributed by atoms with Crippen LogP contribution in [0.2, 0.25) is 0 Å². The molecule has 4 aliphatic heterocycles. The number of hydrogen-bond acceptors (Lipinski definition) is 8. The van der Waals surface area contributed by atoms with Gasteiger partial charge in [0.05, 0.1) is 16.9 Å². The van der Waals surface area contributed by atoms with Crippen LogP contribution in [0.5, 0.6) is 0 Å². The maximum atomic E-state index is 2.25. The maximum absolute atomic E-state index is 2.25. The first-order valence-electron chi connectivity index (χ1n) is 6.11. The molecule has 0 fully saturated rings. The molecule has 0 atom stereocenters. The average Bonchev–Trinajstić information content (AvgIpc) is 3.33. The molecule has 0 unspecified atom stereocenters. The minimum absolute atomic E-state index is 1.33. The summed E-state index contributed by atoms with van der Waals surface area (Å²) in [5, 5.41) is 13.1. The minimum atomic E-state index is 1.33. The quantitative estimate of drug-likeness (QED) is 0.421. The first kappa shape index (κ1) is 16.4. The molecule has 0 aromatic heterocycles. The second kappa shape index (κ2) is 7.91. The van der Waals surface area contributed by atoms with Crippen molar-refractivity contribution in [1.29, 1.82) is 0 Å². The highest BCUT2D eigenvalue weighted by Crippen LogP contribution is 2.55. The Morgan fingerprint density at radius 3 is 1.32 bits per heavy atom. The summed E-state index contributed by atoms with van der Waals surface area (Å²) >= 11 is 14.8. The molecule has 112 valence electrons. The largest absolute Gasteiger partial charge is 0.0884 e. The summed E-state index contributed by atoms with van der Waals surface area (Å²) < 4.78 is 5.65. The van der Waals surface area contributed by atoms with Crippen molar-refractivity contribution in [3.8, 4) is 0 Å². The molecular formula is C14H8S8. The van der Waals surface area contributed by atoms with Crippen molar-refractivity contribution in [1.82, 2.24) is 0 Å². The second-order valence-electron chi connectivity index (χ2n) is 3.98. The van der Waals surface area contributed by atoms with Crippen LogP contribution in [0.1, 0.15) is 0 Å². The third-order valence-corrected chi connectivity index (χ3v) is 12.6. The molecule has 0 spiro atoms. The third kappa shape index (κ3) is 3.96. The number of thioether (sulfide) groups is 8. The van der Waals surface area contributed by atoms with E-state index in [9.17, 15) is 0 Å². The fourth-order valence-corrected chi connectivity index (χ4v) is 10.3. The van der Waals surface area contributed by atoms with E-state index in [0.29, 0.717) is 0 Å². The van der Waals surface area contributed by atoms with Gasteiger partial charge >= 0.3 is 0 Å². The van der Waals surface area contributed by atoms with Crippen LogP contribution in [-0.4, -0.2) is 0 Å². The van der Waals surface area contributed by atoms with E-state index < -0.39 is 0 Å². The van der Waals surface area contributed by atoms with Crippen molar-refractivity contribution in [3.05, 3.63) is 71.4 Å². The Morgan fingerprint density at radius 2 is 0.909 bits per heavy atom. The van der Waals surface area contributed by atoms with E-state index in [1.807, 2.05) is 94.1 Å². The van der Waals surface area contributed by atoms with Crippen molar-refractivity contribution in [2.24, 2.45) is 0 Å². The summed E-state index contributed by atoms with van der Waals surface area (Å²) in [5.41, 5.74) is 0. The van der Waals surface area contributed by atoms with E-state index in [1.165, 1.54) is 26.8 Å². The summed E-state index contributed by atoms with van der Waals surface area (Å²) in [7, 11) is 0. The molecule has 0 nitrogen and oxygen atoms in total. The van der Waals surface area contributed by atoms with E-state index in [1.54, 1.807) is 0 Å². The van der Waals surface area contributed by atoms with Crippen LogP contribution in [0, 0.1) is 0 Å². The van der Waals surface area contributed by atoms with Gasteiger partial charge in [-0.1, -0.05) is 94.1 Å². The monoisotopic (exact) mass is 432 g/mol. The van der Waals surface area contributed by atoms with Crippen LogP contribution in [0.3, 0.4) is 0 Å². The van der Waals surface area contributed by atoms with Crippen molar-refractivity contribution < 1.29 is 0 Å². The van der Waals surface area contributed by atoms with Gasteiger partial charge in [-0.25, -0.2) is 0 Å². The molecule has 0 N–H and O–H groups in total. The molecule has 0 radical (unpaired) electrons. The Hall–Kier alpha value is 0.980. The van der Waals surface area contributed by atoms with Crippen LogP contribution < -0.4 is 0 Å². The third-order valence-electron chi connectivity index (χ3n) is 2.54. The predicted octanol–water partition coefficient (Wildman–Crippen LogP) is 8.34. The zero-order valence-corrected chi connectivity index (χ0v) is 17.4. The van der Waals surface area contributed by atoms with Gasteiger partial charge in [0.1, 0.15) is 0 Å². The summed E-state index contributed by atoms with van der Waals surface area (Å²) in [4.78, 5) is 2.67. The predicted molar refractivity (Wildman–Crippen MR) is 118 cm³/mol. The molecule has 4 heterocycles. The highest BCUT2D eigenvalue weighted by Gasteiger charge is 2.19. The molecule has 4 rings (SSSR count). The Kier molecular flexibility index (Phi) is 5.91. The Labute approximate surface area is 164 Å². The fraction of sp³-hybridized carbons (Fsp3) is 0. The standard InChI is InChI=1S/C14H8S8/c1(9-7-19-13(21-9)11-15-3-4-16-11)2-10-8-20-14(22-10)12-17-5-6-18-12/h1-8H. The maximum Gasteiger partial charge on any atom is 0.0700 e. The molecule has 0 aliphatic carbocycles. The Balaban J connectivity index is 1.36. The van der Waals surface area contributed by atoms with Gasteiger partial charge in [0.25, 0.3) is 0 Å². The number of hydrogen-bond donors (Lipinski definition) is 0. The van der Waals surface area contributed by atoms with Crippen molar-refractivity contribution in [2.75, 3.05) is 0 Å². The lowest BCUT2D eigenvalue weighted by molar-refractivity contribution is 1.89. The Morgan fingerprint density at radius 1 is 0.500 bits per heavy atom.